The average Bonchev–Trinajstić information content (AvgIpc) is 3.10. The highest BCUT2D eigenvalue weighted by molar-refractivity contribution is 9.10. The number of anilines is 1. The van der Waals surface area contributed by atoms with Gasteiger partial charge >= 0.3 is 6.18 Å². The Hall–Kier alpha value is -0.710. The van der Waals surface area contributed by atoms with E-state index in [0.29, 0.717) is 10.4 Å². The average molecular weight is 322 g/mol. The molecule has 2 rings (SSSR count). The number of hydrogen-bond acceptors (Lipinski definition) is 1. The molecular weight excluding hydrogens is 307 g/mol. The molecule has 0 bridgehead atoms. The minimum absolute atomic E-state index is 0.146. The summed E-state index contributed by atoms with van der Waals surface area (Å²) < 4.78 is 39.3. The Morgan fingerprint density at radius 3 is 2.56 bits per heavy atom. The molecular formula is C13H15BrF3N. The van der Waals surface area contributed by atoms with Crippen LogP contribution in [-0.4, -0.2) is 6.04 Å². The van der Waals surface area contributed by atoms with Crippen LogP contribution in [0.15, 0.2) is 22.7 Å². The van der Waals surface area contributed by atoms with Gasteiger partial charge in [-0.25, -0.2) is 0 Å². The van der Waals surface area contributed by atoms with E-state index in [0.717, 1.165) is 25.3 Å². The second-order valence-electron chi connectivity index (χ2n) is 4.68. The molecule has 0 heterocycles. The Balaban J connectivity index is 2.26. The molecule has 1 fully saturated rings. The summed E-state index contributed by atoms with van der Waals surface area (Å²) in [7, 11) is 0. The van der Waals surface area contributed by atoms with E-state index in [1.54, 1.807) is 6.07 Å². The molecule has 0 aromatic heterocycles. The summed E-state index contributed by atoms with van der Waals surface area (Å²) in [5.74, 6) is 0.528. The Labute approximate surface area is 113 Å². The van der Waals surface area contributed by atoms with Crippen molar-refractivity contribution >= 4 is 21.6 Å². The standard InChI is InChI=1S/C13H15BrF3N/c1-2-11(8-3-4-8)18-12-6-5-9(14)7-10(12)13(15,16)17/h5-8,11,18H,2-4H2,1H3. The van der Waals surface area contributed by atoms with Gasteiger partial charge in [0.1, 0.15) is 0 Å². The smallest absolute Gasteiger partial charge is 0.382 e. The van der Waals surface area contributed by atoms with Crippen molar-refractivity contribution in [2.45, 2.75) is 38.4 Å². The second-order valence-corrected chi connectivity index (χ2v) is 5.60. The van der Waals surface area contributed by atoms with E-state index in [4.69, 9.17) is 0 Å². The van der Waals surface area contributed by atoms with Crippen molar-refractivity contribution in [3.05, 3.63) is 28.2 Å². The van der Waals surface area contributed by atoms with E-state index in [1.165, 1.54) is 6.07 Å². The number of halogens is 4. The lowest BCUT2D eigenvalue weighted by atomic mass is 10.1. The number of hydrogen-bond donors (Lipinski definition) is 1. The van der Waals surface area contributed by atoms with Gasteiger partial charge in [0.25, 0.3) is 0 Å². The third-order valence-corrected chi connectivity index (χ3v) is 3.75. The topological polar surface area (TPSA) is 12.0 Å². The van der Waals surface area contributed by atoms with Crippen LogP contribution in [0.3, 0.4) is 0 Å². The van der Waals surface area contributed by atoms with Gasteiger partial charge in [0, 0.05) is 16.2 Å². The van der Waals surface area contributed by atoms with Crippen LogP contribution >= 0.6 is 15.9 Å². The number of alkyl halides is 3. The molecule has 0 aliphatic heterocycles. The van der Waals surface area contributed by atoms with Crippen LogP contribution in [0.5, 0.6) is 0 Å². The molecule has 1 N–H and O–H groups in total. The first kappa shape index (κ1) is 13.7. The zero-order valence-corrected chi connectivity index (χ0v) is 11.6. The van der Waals surface area contributed by atoms with Gasteiger partial charge in [-0.15, -0.1) is 0 Å². The lowest BCUT2D eigenvalue weighted by Crippen LogP contribution is -2.23. The lowest BCUT2D eigenvalue weighted by Gasteiger charge is -2.21. The highest BCUT2D eigenvalue weighted by Crippen LogP contribution is 2.40. The first-order chi connectivity index (χ1) is 8.41. The monoisotopic (exact) mass is 321 g/mol. The molecule has 1 atom stereocenters. The number of benzene rings is 1. The summed E-state index contributed by atoms with van der Waals surface area (Å²) in [5.41, 5.74) is -0.416. The van der Waals surface area contributed by atoms with Gasteiger partial charge in [-0.05, 0) is 43.4 Å². The number of nitrogens with one attached hydrogen (secondary N) is 1. The predicted octanol–water partition coefficient (Wildman–Crippen LogP) is 5.07. The maximum atomic E-state index is 12.9. The maximum Gasteiger partial charge on any atom is 0.418 e. The van der Waals surface area contributed by atoms with E-state index in [-0.39, 0.29) is 11.7 Å². The van der Waals surface area contributed by atoms with Crippen LogP contribution in [0.1, 0.15) is 31.7 Å². The Kier molecular flexibility index (Phi) is 3.90. The fraction of sp³-hybridized carbons (Fsp3) is 0.538. The van der Waals surface area contributed by atoms with Gasteiger partial charge in [-0.2, -0.15) is 13.2 Å². The van der Waals surface area contributed by atoms with Crippen molar-refractivity contribution in [2.24, 2.45) is 5.92 Å². The molecule has 0 amide bonds. The molecule has 0 spiro atoms. The fourth-order valence-corrected chi connectivity index (χ4v) is 2.49. The van der Waals surface area contributed by atoms with Crippen molar-refractivity contribution in [3.8, 4) is 0 Å². The summed E-state index contributed by atoms with van der Waals surface area (Å²) in [4.78, 5) is 0. The van der Waals surface area contributed by atoms with Gasteiger partial charge in [-0.1, -0.05) is 22.9 Å². The molecule has 1 aliphatic rings. The first-order valence-electron chi connectivity index (χ1n) is 6.05. The molecule has 1 aromatic carbocycles. The molecule has 1 saturated carbocycles. The Morgan fingerprint density at radius 1 is 1.39 bits per heavy atom. The van der Waals surface area contributed by atoms with E-state index in [2.05, 4.69) is 21.2 Å². The van der Waals surface area contributed by atoms with E-state index >= 15 is 0 Å². The maximum absolute atomic E-state index is 12.9. The highest BCUT2D eigenvalue weighted by atomic mass is 79.9. The lowest BCUT2D eigenvalue weighted by molar-refractivity contribution is -0.137. The molecule has 0 radical (unpaired) electrons. The SMILES string of the molecule is CCC(Nc1ccc(Br)cc1C(F)(F)F)C1CC1. The van der Waals surface area contributed by atoms with Gasteiger partial charge in [0.05, 0.1) is 5.56 Å². The largest absolute Gasteiger partial charge is 0.418 e. The van der Waals surface area contributed by atoms with Crippen molar-refractivity contribution in [1.82, 2.24) is 0 Å². The molecule has 5 heteroatoms. The van der Waals surface area contributed by atoms with Crippen LogP contribution in [0.25, 0.3) is 0 Å². The molecule has 100 valence electrons. The fourth-order valence-electron chi connectivity index (χ4n) is 2.13. The normalized spacial score (nSPS) is 17.6. The first-order valence-corrected chi connectivity index (χ1v) is 6.84. The van der Waals surface area contributed by atoms with Crippen molar-refractivity contribution < 1.29 is 13.2 Å². The summed E-state index contributed by atoms with van der Waals surface area (Å²) in [6.45, 7) is 2.00. The van der Waals surface area contributed by atoms with Crippen LogP contribution in [0.4, 0.5) is 18.9 Å². The third kappa shape index (κ3) is 3.19. The van der Waals surface area contributed by atoms with Crippen molar-refractivity contribution in [3.63, 3.8) is 0 Å². The minimum atomic E-state index is -4.33. The van der Waals surface area contributed by atoms with Crippen LogP contribution in [0, 0.1) is 5.92 Å². The van der Waals surface area contributed by atoms with Crippen LogP contribution in [0.2, 0.25) is 0 Å². The van der Waals surface area contributed by atoms with Gasteiger partial charge in [0.15, 0.2) is 0 Å². The van der Waals surface area contributed by atoms with Crippen molar-refractivity contribution in [1.29, 1.82) is 0 Å². The van der Waals surface area contributed by atoms with Gasteiger partial charge in [-0.3, -0.25) is 0 Å². The van der Waals surface area contributed by atoms with Gasteiger partial charge < -0.3 is 5.32 Å². The predicted molar refractivity (Wildman–Crippen MR) is 69.6 cm³/mol. The minimum Gasteiger partial charge on any atom is -0.382 e. The van der Waals surface area contributed by atoms with E-state index in [9.17, 15) is 13.2 Å². The quantitative estimate of drug-likeness (QED) is 0.816. The zero-order chi connectivity index (χ0) is 13.3. The second kappa shape index (κ2) is 5.11. The number of rotatable bonds is 4. The van der Waals surface area contributed by atoms with Gasteiger partial charge in [0.2, 0.25) is 0 Å². The Morgan fingerprint density at radius 2 is 2.06 bits per heavy atom. The highest BCUT2D eigenvalue weighted by Gasteiger charge is 2.36. The van der Waals surface area contributed by atoms with E-state index in [1.807, 2.05) is 6.92 Å². The Bertz CT molecular complexity index is 427. The molecule has 18 heavy (non-hydrogen) atoms. The summed E-state index contributed by atoms with van der Waals surface area (Å²) >= 11 is 3.09. The molecule has 1 unspecified atom stereocenters. The summed E-state index contributed by atoms with van der Waals surface area (Å²) in [6.07, 6.45) is -1.25. The summed E-state index contributed by atoms with van der Waals surface area (Å²) in [5, 5.41) is 3.05. The molecule has 1 aromatic rings. The summed E-state index contributed by atoms with van der Waals surface area (Å²) in [6, 6.07) is 4.41. The molecule has 1 nitrogen and oxygen atoms in total. The van der Waals surface area contributed by atoms with E-state index < -0.39 is 11.7 Å². The third-order valence-electron chi connectivity index (χ3n) is 3.26. The van der Waals surface area contributed by atoms with Crippen LogP contribution in [-0.2, 0) is 6.18 Å². The molecule has 0 saturated heterocycles. The van der Waals surface area contributed by atoms with Crippen LogP contribution < -0.4 is 5.32 Å². The molecule has 1 aliphatic carbocycles. The zero-order valence-electron chi connectivity index (χ0n) is 10.0. The van der Waals surface area contributed by atoms with Crippen molar-refractivity contribution in [2.75, 3.05) is 5.32 Å².